The largest absolute Gasteiger partial charge is 0.480 e. The molecule has 116 valence electrons. The number of nitrogens with two attached hydrogens (primary N) is 1. The van der Waals surface area contributed by atoms with Gasteiger partial charge in [-0.3, -0.25) is 4.79 Å². The zero-order valence-corrected chi connectivity index (χ0v) is 12.9. The number of rotatable bonds is 5. The van der Waals surface area contributed by atoms with Crippen LogP contribution in [0.2, 0.25) is 0 Å². The first-order valence-electron chi connectivity index (χ1n) is 7.57. The normalized spacial score (nSPS) is 19.2. The molecule has 1 saturated carbocycles. The number of carboxylic acids is 1. The van der Waals surface area contributed by atoms with Crippen molar-refractivity contribution < 1.29 is 14.7 Å². The molecule has 1 aliphatic carbocycles. The van der Waals surface area contributed by atoms with Crippen LogP contribution in [-0.2, 0) is 9.59 Å². The van der Waals surface area contributed by atoms with Crippen LogP contribution in [0.25, 0.3) is 0 Å². The molecule has 0 spiro atoms. The van der Waals surface area contributed by atoms with Crippen LogP contribution in [0.15, 0.2) is 0 Å². The maximum absolute atomic E-state index is 13.0. The Morgan fingerprint density at radius 2 is 1.70 bits per heavy atom. The van der Waals surface area contributed by atoms with E-state index in [-0.39, 0.29) is 5.91 Å². The number of carbonyl (C=O) groups is 2. The van der Waals surface area contributed by atoms with Gasteiger partial charge < -0.3 is 15.7 Å². The zero-order chi connectivity index (χ0) is 15.4. The molecule has 0 atom stereocenters. The lowest BCUT2D eigenvalue weighted by atomic mass is 9.78. The number of nitrogens with zero attached hydrogens (tertiary/aromatic N) is 1. The van der Waals surface area contributed by atoms with Gasteiger partial charge in [0.05, 0.1) is 5.41 Å². The van der Waals surface area contributed by atoms with Gasteiger partial charge in [-0.05, 0) is 33.6 Å². The Morgan fingerprint density at radius 3 is 2.05 bits per heavy atom. The Balaban J connectivity index is 3.06. The predicted octanol–water partition coefficient (Wildman–Crippen LogP) is 2.00. The van der Waals surface area contributed by atoms with E-state index in [9.17, 15) is 14.7 Å². The second-order valence-electron chi connectivity index (χ2n) is 6.31. The number of carbonyl (C=O) groups excluding carboxylic acids is 1. The molecule has 0 aromatic carbocycles. The number of hydrogen-bond donors (Lipinski definition) is 2. The minimum atomic E-state index is -1.19. The van der Waals surface area contributed by atoms with Crippen molar-refractivity contribution in [2.75, 3.05) is 13.1 Å². The molecule has 3 N–H and O–H groups in total. The van der Waals surface area contributed by atoms with Crippen LogP contribution in [0.3, 0.4) is 0 Å². The van der Waals surface area contributed by atoms with Crippen molar-refractivity contribution >= 4 is 11.9 Å². The fraction of sp³-hybridized carbons (Fsp3) is 0.867. The van der Waals surface area contributed by atoms with E-state index in [0.29, 0.717) is 13.1 Å². The standard InChI is InChI=1S/C15H28N2O3/c1-4-17(14(2,3)13(19)20)12(18)15(11-16)9-7-5-6-8-10-15/h4-11,16H2,1-3H3,(H,19,20). The van der Waals surface area contributed by atoms with Crippen molar-refractivity contribution in [2.24, 2.45) is 11.1 Å². The smallest absolute Gasteiger partial charge is 0.329 e. The van der Waals surface area contributed by atoms with Crippen LogP contribution >= 0.6 is 0 Å². The van der Waals surface area contributed by atoms with Crippen molar-refractivity contribution in [1.29, 1.82) is 0 Å². The summed E-state index contributed by atoms with van der Waals surface area (Å²) in [6.07, 6.45) is 5.79. The summed E-state index contributed by atoms with van der Waals surface area (Å²) in [4.78, 5) is 25.9. The van der Waals surface area contributed by atoms with Gasteiger partial charge in [-0.25, -0.2) is 4.79 Å². The first-order valence-corrected chi connectivity index (χ1v) is 7.57. The third-order valence-corrected chi connectivity index (χ3v) is 4.66. The molecule has 0 saturated heterocycles. The summed E-state index contributed by atoms with van der Waals surface area (Å²) in [7, 11) is 0. The quantitative estimate of drug-likeness (QED) is 0.756. The minimum absolute atomic E-state index is 0.0863. The maximum Gasteiger partial charge on any atom is 0.329 e. The fourth-order valence-corrected chi connectivity index (χ4v) is 3.11. The van der Waals surface area contributed by atoms with E-state index >= 15 is 0 Å². The summed E-state index contributed by atoms with van der Waals surface area (Å²) >= 11 is 0. The summed E-state index contributed by atoms with van der Waals surface area (Å²) in [6, 6.07) is 0. The lowest BCUT2D eigenvalue weighted by molar-refractivity contribution is -0.162. The van der Waals surface area contributed by atoms with Gasteiger partial charge in [0.15, 0.2) is 0 Å². The molecule has 0 aliphatic heterocycles. The Labute approximate surface area is 121 Å². The van der Waals surface area contributed by atoms with Gasteiger partial charge in [-0.2, -0.15) is 0 Å². The van der Waals surface area contributed by atoms with Crippen LogP contribution < -0.4 is 5.73 Å². The summed E-state index contributed by atoms with van der Waals surface area (Å²) < 4.78 is 0. The highest BCUT2D eigenvalue weighted by molar-refractivity contribution is 5.89. The topological polar surface area (TPSA) is 83.6 Å². The van der Waals surface area contributed by atoms with E-state index in [4.69, 9.17) is 5.73 Å². The van der Waals surface area contributed by atoms with Gasteiger partial charge in [0.25, 0.3) is 0 Å². The highest BCUT2D eigenvalue weighted by atomic mass is 16.4. The third-order valence-electron chi connectivity index (χ3n) is 4.66. The lowest BCUT2D eigenvalue weighted by Gasteiger charge is -2.41. The van der Waals surface area contributed by atoms with Gasteiger partial charge in [-0.1, -0.05) is 25.7 Å². The molecular weight excluding hydrogens is 256 g/mol. The molecule has 5 nitrogen and oxygen atoms in total. The molecule has 1 rings (SSSR count). The highest BCUT2D eigenvalue weighted by Gasteiger charge is 2.46. The van der Waals surface area contributed by atoms with Crippen LogP contribution in [-0.4, -0.2) is 40.5 Å². The maximum atomic E-state index is 13.0. The van der Waals surface area contributed by atoms with E-state index in [1.807, 2.05) is 6.92 Å². The van der Waals surface area contributed by atoms with E-state index in [2.05, 4.69) is 0 Å². The fourth-order valence-electron chi connectivity index (χ4n) is 3.11. The molecule has 5 heteroatoms. The highest BCUT2D eigenvalue weighted by Crippen LogP contribution is 2.37. The summed E-state index contributed by atoms with van der Waals surface area (Å²) in [5.41, 5.74) is 4.16. The van der Waals surface area contributed by atoms with E-state index in [0.717, 1.165) is 38.5 Å². The van der Waals surface area contributed by atoms with Gasteiger partial charge in [0.1, 0.15) is 5.54 Å². The molecule has 1 aliphatic rings. The van der Waals surface area contributed by atoms with Gasteiger partial charge >= 0.3 is 5.97 Å². The minimum Gasteiger partial charge on any atom is -0.480 e. The molecular formula is C15H28N2O3. The molecule has 0 aromatic heterocycles. The summed E-state index contributed by atoms with van der Waals surface area (Å²) in [5.74, 6) is -1.06. The number of amides is 1. The van der Waals surface area contributed by atoms with Crippen LogP contribution in [0.4, 0.5) is 0 Å². The molecule has 0 aromatic rings. The first-order chi connectivity index (χ1) is 9.31. The van der Waals surface area contributed by atoms with Gasteiger partial charge in [0.2, 0.25) is 5.91 Å². The van der Waals surface area contributed by atoms with Crippen LogP contribution in [0, 0.1) is 5.41 Å². The Morgan fingerprint density at radius 1 is 1.20 bits per heavy atom. The zero-order valence-electron chi connectivity index (χ0n) is 12.9. The van der Waals surface area contributed by atoms with Gasteiger partial charge in [0, 0.05) is 13.1 Å². The van der Waals surface area contributed by atoms with Gasteiger partial charge in [-0.15, -0.1) is 0 Å². The summed E-state index contributed by atoms with van der Waals surface area (Å²) in [5, 5.41) is 9.38. The Kier molecular flexibility index (Phi) is 5.57. The molecule has 0 radical (unpaired) electrons. The van der Waals surface area contributed by atoms with Crippen LogP contribution in [0.1, 0.15) is 59.3 Å². The molecule has 1 fully saturated rings. The van der Waals surface area contributed by atoms with E-state index in [1.54, 1.807) is 13.8 Å². The van der Waals surface area contributed by atoms with E-state index in [1.165, 1.54) is 4.90 Å². The number of aliphatic carboxylic acids is 1. The van der Waals surface area contributed by atoms with Crippen molar-refractivity contribution in [3.63, 3.8) is 0 Å². The number of carboxylic acid groups (broad SMARTS) is 1. The second kappa shape index (κ2) is 6.57. The summed E-state index contributed by atoms with van der Waals surface area (Å²) in [6.45, 7) is 5.68. The molecule has 20 heavy (non-hydrogen) atoms. The molecule has 0 heterocycles. The third kappa shape index (κ3) is 3.14. The number of hydrogen-bond acceptors (Lipinski definition) is 3. The monoisotopic (exact) mass is 284 g/mol. The molecule has 0 unspecified atom stereocenters. The van der Waals surface area contributed by atoms with Crippen molar-refractivity contribution in [3.05, 3.63) is 0 Å². The molecule has 1 amide bonds. The average molecular weight is 284 g/mol. The van der Waals surface area contributed by atoms with Crippen LogP contribution in [0.5, 0.6) is 0 Å². The SMILES string of the molecule is CCN(C(=O)C1(CN)CCCCCC1)C(C)(C)C(=O)O. The van der Waals surface area contributed by atoms with Crippen molar-refractivity contribution in [1.82, 2.24) is 4.90 Å². The Hall–Kier alpha value is -1.10. The Bertz CT molecular complexity index is 358. The second-order valence-corrected chi connectivity index (χ2v) is 6.31. The first kappa shape index (κ1) is 17.0. The van der Waals surface area contributed by atoms with Crippen molar-refractivity contribution in [2.45, 2.75) is 64.8 Å². The lowest BCUT2D eigenvalue weighted by Crippen LogP contribution is -2.58. The average Bonchev–Trinajstić information content (AvgIpc) is 2.65. The van der Waals surface area contributed by atoms with E-state index < -0.39 is 16.9 Å². The van der Waals surface area contributed by atoms with Crippen molar-refractivity contribution in [3.8, 4) is 0 Å². The molecule has 0 bridgehead atoms. The number of likely N-dealkylation sites (N-methyl/N-ethyl adjacent to an activating group) is 1. The predicted molar refractivity (Wildman–Crippen MR) is 78.3 cm³/mol.